The molecule has 29 heavy (non-hydrogen) atoms. The Morgan fingerprint density at radius 1 is 0.793 bits per heavy atom. The molecule has 0 unspecified atom stereocenters. The highest BCUT2D eigenvalue weighted by molar-refractivity contribution is 8.14. The molecule has 0 amide bonds. The van der Waals surface area contributed by atoms with Crippen LogP contribution >= 0.6 is 23.5 Å². The second-order valence-electron chi connectivity index (χ2n) is 6.64. The molecule has 146 valence electrons. The Hall–Kier alpha value is -2.63. The minimum absolute atomic E-state index is 0.0994. The van der Waals surface area contributed by atoms with Gasteiger partial charge in [0.15, 0.2) is 0 Å². The van der Waals surface area contributed by atoms with Gasteiger partial charge in [-0.15, -0.1) is 0 Å². The molecular formula is C24H19FO2S2. The number of benzene rings is 3. The van der Waals surface area contributed by atoms with Crippen LogP contribution in [0.2, 0.25) is 0 Å². The van der Waals surface area contributed by atoms with Gasteiger partial charge in [-0.3, -0.25) is 9.59 Å². The number of thioether (sulfide) groups is 2. The first kappa shape index (κ1) is 21.1. The van der Waals surface area contributed by atoms with E-state index in [-0.39, 0.29) is 10.2 Å². The van der Waals surface area contributed by atoms with E-state index in [0.717, 1.165) is 44.8 Å². The van der Waals surface area contributed by atoms with Crippen molar-refractivity contribution in [2.45, 2.75) is 23.6 Å². The minimum Gasteiger partial charge on any atom is -0.282 e. The number of halogens is 1. The summed E-state index contributed by atoms with van der Waals surface area (Å²) in [5, 5.41) is 1.44. The first-order valence-electron chi connectivity index (χ1n) is 8.85. The normalized spacial score (nSPS) is 10.7. The summed E-state index contributed by atoms with van der Waals surface area (Å²) in [6.45, 7) is 10.6. The van der Waals surface area contributed by atoms with Crippen LogP contribution in [-0.2, 0) is 9.59 Å². The Morgan fingerprint density at radius 3 is 2.07 bits per heavy atom. The van der Waals surface area contributed by atoms with Crippen LogP contribution in [0.25, 0.3) is 21.9 Å². The lowest BCUT2D eigenvalue weighted by molar-refractivity contribution is -0.108. The summed E-state index contributed by atoms with van der Waals surface area (Å²) in [7, 11) is 0. The second kappa shape index (κ2) is 8.80. The number of hydrogen-bond donors (Lipinski definition) is 0. The topological polar surface area (TPSA) is 34.1 Å². The van der Waals surface area contributed by atoms with Crippen LogP contribution in [0.3, 0.4) is 0 Å². The summed E-state index contributed by atoms with van der Waals surface area (Å²) >= 11 is 2.08. The number of carbonyl (C=O) groups excluding carboxylic acids is 2. The molecule has 0 saturated carbocycles. The van der Waals surface area contributed by atoms with Crippen molar-refractivity contribution in [3.05, 3.63) is 84.7 Å². The van der Waals surface area contributed by atoms with E-state index in [0.29, 0.717) is 21.6 Å². The van der Waals surface area contributed by atoms with Gasteiger partial charge in [-0.25, -0.2) is 4.39 Å². The van der Waals surface area contributed by atoms with Gasteiger partial charge in [0.25, 0.3) is 0 Å². The number of fused-ring (bicyclic) bond motifs is 1. The Kier molecular flexibility index (Phi) is 6.40. The molecule has 0 saturated heterocycles. The molecule has 0 aliphatic heterocycles. The first-order chi connectivity index (χ1) is 13.8. The van der Waals surface area contributed by atoms with Crippen molar-refractivity contribution in [3.63, 3.8) is 0 Å². The molecule has 5 heteroatoms. The van der Waals surface area contributed by atoms with Gasteiger partial charge >= 0.3 is 0 Å². The van der Waals surface area contributed by atoms with Gasteiger partial charge < -0.3 is 0 Å². The minimum atomic E-state index is -0.409. The third-order valence-corrected chi connectivity index (χ3v) is 6.36. The van der Waals surface area contributed by atoms with E-state index in [1.807, 2.05) is 36.4 Å². The fourth-order valence-electron chi connectivity index (χ4n) is 2.76. The quantitative estimate of drug-likeness (QED) is 0.326. The van der Waals surface area contributed by atoms with Crippen LogP contribution in [0.1, 0.15) is 13.8 Å². The Balaban J connectivity index is 2.04. The zero-order chi connectivity index (χ0) is 21.1. The molecule has 0 fully saturated rings. The largest absolute Gasteiger partial charge is 0.282 e. The smallest absolute Gasteiger partial charge is 0.219 e. The maximum absolute atomic E-state index is 14.9. The average molecular weight is 423 g/mol. The first-order valence-corrected chi connectivity index (χ1v) is 10.5. The molecule has 0 aliphatic rings. The van der Waals surface area contributed by atoms with Gasteiger partial charge in [0.1, 0.15) is 5.82 Å². The lowest BCUT2D eigenvalue weighted by Crippen LogP contribution is -1.94. The standard InChI is InChI=1S/C24H19FO2S2/c1-14(2)23(26)28-16-11-12-19(21(25)13-16)17-7-5-9-20-18(17)8-6-10-22(20)29-24(27)15(3)4/h5-13H,1,3H2,2,4H3. The van der Waals surface area contributed by atoms with E-state index in [9.17, 15) is 14.0 Å². The van der Waals surface area contributed by atoms with Crippen molar-refractivity contribution >= 4 is 44.5 Å². The number of hydrogen-bond acceptors (Lipinski definition) is 4. The van der Waals surface area contributed by atoms with Crippen LogP contribution in [0.4, 0.5) is 4.39 Å². The van der Waals surface area contributed by atoms with Crippen molar-refractivity contribution in [3.8, 4) is 11.1 Å². The Morgan fingerprint density at radius 2 is 1.41 bits per heavy atom. The summed E-state index contributed by atoms with van der Waals surface area (Å²) in [5.74, 6) is -0.409. The highest BCUT2D eigenvalue weighted by Crippen LogP contribution is 2.37. The summed E-state index contributed by atoms with van der Waals surface area (Å²) in [6.07, 6.45) is 0. The summed E-state index contributed by atoms with van der Waals surface area (Å²) in [5.41, 5.74) is 2.07. The molecule has 3 rings (SSSR count). The summed E-state index contributed by atoms with van der Waals surface area (Å²) in [6, 6.07) is 16.0. The summed E-state index contributed by atoms with van der Waals surface area (Å²) in [4.78, 5) is 25.3. The van der Waals surface area contributed by atoms with E-state index in [1.54, 1.807) is 26.0 Å². The number of rotatable bonds is 5. The van der Waals surface area contributed by atoms with Crippen LogP contribution < -0.4 is 0 Å². The highest BCUT2D eigenvalue weighted by Gasteiger charge is 2.14. The zero-order valence-corrected chi connectivity index (χ0v) is 17.8. The lowest BCUT2D eigenvalue weighted by Gasteiger charge is -2.12. The molecule has 0 aromatic heterocycles. The van der Waals surface area contributed by atoms with Gasteiger partial charge in [-0.2, -0.15) is 0 Å². The fourth-order valence-corrected chi connectivity index (χ4v) is 4.26. The molecule has 0 aliphatic carbocycles. The fraction of sp³-hybridized carbons (Fsp3) is 0.0833. The van der Waals surface area contributed by atoms with E-state index in [2.05, 4.69) is 13.2 Å². The zero-order valence-electron chi connectivity index (χ0n) is 16.1. The van der Waals surface area contributed by atoms with Gasteiger partial charge in [-0.1, -0.05) is 49.6 Å². The Labute approximate surface area is 177 Å². The average Bonchev–Trinajstić information content (AvgIpc) is 2.68. The molecular weight excluding hydrogens is 403 g/mol. The maximum Gasteiger partial charge on any atom is 0.219 e. The van der Waals surface area contributed by atoms with Crippen LogP contribution in [0.15, 0.2) is 88.7 Å². The molecule has 3 aromatic rings. The van der Waals surface area contributed by atoms with Gasteiger partial charge in [-0.05, 0) is 83.1 Å². The van der Waals surface area contributed by atoms with E-state index < -0.39 is 5.82 Å². The van der Waals surface area contributed by atoms with Crippen LogP contribution in [-0.4, -0.2) is 10.2 Å². The molecule has 0 heterocycles. The van der Waals surface area contributed by atoms with Crippen molar-refractivity contribution in [2.75, 3.05) is 0 Å². The van der Waals surface area contributed by atoms with E-state index >= 15 is 0 Å². The third kappa shape index (κ3) is 4.69. The van der Waals surface area contributed by atoms with Gasteiger partial charge in [0.2, 0.25) is 10.2 Å². The molecule has 2 nitrogen and oxygen atoms in total. The Bertz CT molecular complexity index is 1160. The molecule has 0 atom stereocenters. The van der Waals surface area contributed by atoms with Crippen LogP contribution in [0.5, 0.6) is 0 Å². The lowest BCUT2D eigenvalue weighted by atomic mass is 9.98. The van der Waals surface area contributed by atoms with E-state index in [1.165, 1.54) is 6.07 Å². The molecule has 0 radical (unpaired) electrons. The summed E-state index contributed by atoms with van der Waals surface area (Å²) < 4.78 is 14.9. The third-order valence-electron chi connectivity index (χ3n) is 4.22. The molecule has 0 bridgehead atoms. The van der Waals surface area contributed by atoms with Gasteiger partial charge in [0.05, 0.1) is 0 Å². The molecule has 0 N–H and O–H groups in total. The van der Waals surface area contributed by atoms with Crippen molar-refractivity contribution < 1.29 is 14.0 Å². The second-order valence-corrected chi connectivity index (χ2v) is 8.70. The van der Waals surface area contributed by atoms with Crippen LogP contribution in [0, 0.1) is 5.82 Å². The van der Waals surface area contributed by atoms with Crippen molar-refractivity contribution in [1.29, 1.82) is 0 Å². The SMILES string of the molecule is C=C(C)C(=O)Sc1ccc(-c2cccc3c(SC(=O)C(=C)C)cccc23)c(F)c1. The molecule has 3 aromatic carbocycles. The van der Waals surface area contributed by atoms with E-state index in [4.69, 9.17) is 0 Å². The number of carbonyl (C=O) groups is 2. The van der Waals surface area contributed by atoms with Gasteiger partial charge in [0, 0.05) is 15.4 Å². The highest BCUT2D eigenvalue weighted by atomic mass is 32.2. The van der Waals surface area contributed by atoms with Crippen molar-refractivity contribution in [1.82, 2.24) is 0 Å². The molecule has 0 spiro atoms. The predicted octanol–water partition coefficient (Wildman–Crippen LogP) is 7.04. The predicted molar refractivity (Wildman–Crippen MR) is 121 cm³/mol. The monoisotopic (exact) mass is 422 g/mol. The van der Waals surface area contributed by atoms with Crippen molar-refractivity contribution in [2.24, 2.45) is 0 Å². The maximum atomic E-state index is 14.9.